The fourth-order valence-electron chi connectivity index (χ4n) is 4.19. The van der Waals surface area contributed by atoms with Crippen molar-refractivity contribution in [3.63, 3.8) is 0 Å². The molecule has 11 nitrogen and oxygen atoms in total. The van der Waals surface area contributed by atoms with Gasteiger partial charge in [0.1, 0.15) is 24.2 Å². The van der Waals surface area contributed by atoms with Crippen molar-refractivity contribution in [3.05, 3.63) is 93.8 Å². The Morgan fingerprint density at radius 2 is 1.65 bits per heavy atom. The maximum Gasteiger partial charge on any atom is 0.273 e. The molecule has 0 spiro atoms. The van der Waals surface area contributed by atoms with Crippen LogP contribution < -0.4 is 14.4 Å². The third-order valence-electron chi connectivity index (χ3n) is 6.54. The van der Waals surface area contributed by atoms with Gasteiger partial charge in [-0.15, -0.1) is 0 Å². The number of benzene rings is 3. The lowest BCUT2D eigenvalue weighted by Gasteiger charge is -2.33. The van der Waals surface area contributed by atoms with E-state index < -0.39 is 61.3 Å². The van der Waals surface area contributed by atoms with E-state index in [0.717, 1.165) is 10.4 Å². The van der Waals surface area contributed by atoms with Gasteiger partial charge < -0.3 is 15.0 Å². The summed E-state index contributed by atoms with van der Waals surface area (Å²) in [6.07, 6.45) is 0. The maximum absolute atomic E-state index is 14.0. The highest BCUT2D eigenvalue weighted by Crippen LogP contribution is 2.29. The molecular weight excluding hydrogens is 579 g/mol. The van der Waals surface area contributed by atoms with E-state index in [9.17, 15) is 32.5 Å². The van der Waals surface area contributed by atoms with Crippen molar-refractivity contribution in [2.45, 2.75) is 57.6 Å². The molecule has 1 atom stereocenters. The number of anilines is 1. The highest BCUT2D eigenvalue weighted by molar-refractivity contribution is 7.92. The van der Waals surface area contributed by atoms with Crippen molar-refractivity contribution in [2.75, 3.05) is 18.0 Å². The number of hydrogen-bond acceptors (Lipinski definition) is 7. The Kier molecular flexibility index (Phi) is 10.1. The van der Waals surface area contributed by atoms with Gasteiger partial charge >= 0.3 is 0 Å². The zero-order valence-corrected chi connectivity index (χ0v) is 25.6. The molecule has 3 aromatic carbocycles. The third-order valence-corrected chi connectivity index (χ3v) is 8.31. The van der Waals surface area contributed by atoms with Gasteiger partial charge in [-0.3, -0.25) is 24.0 Å². The molecule has 0 aliphatic heterocycles. The summed E-state index contributed by atoms with van der Waals surface area (Å²) >= 11 is 0. The minimum absolute atomic E-state index is 0.0888. The second-order valence-corrected chi connectivity index (χ2v) is 12.8. The molecule has 230 valence electrons. The molecular formula is C30H35FN4O7S. The zero-order chi connectivity index (χ0) is 32.1. The van der Waals surface area contributed by atoms with Gasteiger partial charge in [-0.1, -0.05) is 18.2 Å². The minimum atomic E-state index is -4.54. The standard InChI is InChI=1S/C30H35FN4O7S/c1-20-7-16-26(17-27(20)35(38)39)43(40,41)34(24-12-14-25(42-6)15-13-24)19-28(36)33(18-22-8-10-23(31)11-9-22)21(2)29(37)32-30(3,4)5/h7-17,21H,18-19H2,1-6H3,(H,32,37). The number of nitro benzene ring substituents is 1. The first-order chi connectivity index (χ1) is 20.0. The third kappa shape index (κ3) is 8.28. The van der Waals surface area contributed by atoms with Crippen LogP contribution in [0.5, 0.6) is 5.75 Å². The molecule has 1 N–H and O–H groups in total. The SMILES string of the molecule is COc1ccc(N(CC(=O)N(Cc2ccc(F)cc2)C(C)C(=O)NC(C)(C)C)S(=O)(=O)c2ccc(C)c([N+](=O)[O-])c2)cc1. The number of halogens is 1. The molecule has 0 bridgehead atoms. The van der Waals surface area contributed by atoms with Gasteiger partial charge in [0.15, 0.2) is 0 Å². The molecule has 0 aliphatic rings. The zero-order valence-electron chi connectivity index (χ0n) is 24.8. The van der Waals surface area contributed by atoms with E-state index in [1.54, 1.807) is 20.8 Å². The quantitative estimate of drug-likeness (QED) is 0.246. The number of nitrogens with zero attached hydrogens (tertiary/aromatic N) is 3. The van der Waals surface area contributed by atoms with Crippen LogP contribution >= 0.6 is 0 Å². The molecule has 0 aliphatic carbocycles. The van der Waals surface area contributed by atoms with Crippen molar-refractivity contribution < 1.29 is 32.1 Å². The molecule has 0 aromatic heterocycles. The molecule has 43 heavy (non-hydrogen) atoms. The summed E-state index contributed by atoms with van der Waals surface area (Å²) in [6, 6.07) is 13.7. The predicted octanol–water partition coefficient (Wildman–Crippen LogP) is 4.58. The average molecular weight is 615 g/mol. The molecule has 1 unspecified atom stereocenters. The average Bonchev–Trinajstić information content (AvgIpc) is 2.94. The Morgan fingerprint density at radius 3 is 2.19 bits per heavy atom. The van der Waals surface area contributed by atoms with Gasteiger partial charge in [0.2, 0.25) is 11.8 Å². The Bertz CT molecular complexity index is 1590. The Morgan fingerprint density at radius 1 is 1.05 bits per heavy atom. The fourth-order valence-corrected chi connectivity index (χ4v) is 5.63. The number of rotatable bonds is 11. The van der Waals surface area contributed by atoms with Crippen molar-refractivity contribution in [2.24, 2.45) is 0 Å². The second kappa shape index (κ2) is 13.2. The van der Waals surface area contributed by atoms with Crippen LogP contribution in [0.3, 0.4) is 0 Å². The van der Waals surface area contributed by atoms with Crippen LogP contribution in [0.15, 0.2) is 71.6 Å². The van der Waals surface area contributed by atoms with E-state index in [-0.39, 0.29) is 17.8 Å². The summed E-state index contributed by atoms with van der Waals surface area (Å²) in [5.41, 5.74) is -0.147. The number of amides is 2. The van der Waals surface area contributed by atoms with E-state index >= 15 is 0 Å². The first-order valence-electron chi connectivity index (χ1n) is 13.3. The first kappa shape index (κ1) is 33.0. The number of nitro groups is 1. The van der Waals surface area contributed by atoms with E-state index in [4.69, 9.17) is 4.74 Å². The van der Waals surface area contributed by atoms with Gasteiger partial charge in [0.25, 0.3) is 15.7 Å². The lowest BCUT2D eigenvalue weighted by Crippen LogP contribution is -2.54. The molecule has 3 rings (SSSR count). The molecule has 0 heterocycles. The summed E-state index contributed by atoms with van der Waals surface area (Å²) < 4.78 is 47.6. The van der Waals surface area contributed by atoms with Crippen molar-refractivity contribution in [3.8, 4) is 5.75 Å². The van der Waals surface area contributed by atoms with Crippen molar-refractivity contribution in [1.29, 1.82) is 0 Å². The maximum atomic E-state index is 14.0. The normalized spacial score (nSPS) is 12.3. The number of aryl methyl sites for hydroxylation is 1. The molecule has 2 amide bonds. The van der Waals surface area contributed by atoms with Crippen LogP contribution in [-0.4, -0.2) is 55.3 Å². The van der Waals surface area contributed by atoms with E-state index in [1.807, 2.05) is 0 Å². The molecule has 0 radical (unpaired) electrons. The smallest absolute Gasteiger partial charge is 0.273 e. The van der Waals surface area contributed by atoms with Gasteiger partial charge in [-0.05, 0) is 82.6 Å². The highest BCUT2D eigenvalue weighted by atomic mass is 32.2. The predicted molar refractivity (Wildman–Crippen MR) is 160 cm³/mol. The molecule has 13 heteroatoms. The van der Waals surface area contributed by atoms with Gasteiger partial charge in [-0.2, -0.15) is 0 Å². The number of nitrogens with one attached hydrogen (secondary N) is 1. The topological polar surface area (TPSA) is 139 Å². The second-order valence-electron chi connectivity index (χ2n) is 11.0. The van der Waals surface area contributed by atoms with E-state index in [2.05, 4.69) is 5.32 Å². The summed E-state index contributed by atoms with van der Waals surface area (Å²) in [4.78, 5) is 38.8. The van der Waals surface area contributed by atoms with E-state index in [1.165, 1.54) is 86.5 Å². The van der Waals surface area contributed by atoms with Gasteiger partial charge in [0, 0.05) is 23.7 Å². The van der Waals surface area contributed by atoms with Crippen LogP contribution in [0.1, 0.15) is 38.8 Å². The summed E-state index contributed by atoms with van der Waals surface area (Å²) in [5, 5.41) is 14.4. The van der Waals surface area contributed by atoms with Crippen LogP contribution in [0.2, 0.25) is 0 Å². The van der Waals surface area contributed by atoms with Crippen molar-refractivity contribution in [1.82, 2.24) is 10.2 Å². The lowest BCUT2D eigenvalue weighted by molar-refractivity contribution is -0.385. The van der Waals surface area contributed by atoms with E-state index in [0.29, 0.717) is 11.3 Å². The Balaban J connectivity index is 2.10. The summed E-state index contributed by atoms with van der Waals surface area (Å²) in [5.74, 6) is -1.26. The van der Waals surface area contributed by atoms with Crippen LogP contribution in [0.25, 0.3) is 0 Å². The molecule has 0 saturated heterocycles. The largest absolute Gasteiger partial charge is 0.497 e. The number of hydrogen-bond donors (Lipinski definition) is 1. The monoisotopic (exact) mass is 614 g/mol. The van der Waals surface area contributed by atoms with Crippen molar-refractivity contribution >= 4 is 33.2 Å². The fraction of sp³-hybridized carbons (Fsp3) is 0.333. The number of sulfonamides is 1. The number of methoxy groups -OCH3 is 1. The molecule has 0 saturated carbocycles. The Labute approximate surface area is 250 Å². The number of carbonyl (C=O) groups excluding carboxylic acids is 2. The summed E-state index contributed by atoms with van der Waals surface area (Å²) in [6.45, 7) is 7.47. The number of carbonyl (C=O) groups is 2. The van der Waals surface area contributed by atoms with Crippen LogP contribution in [-0.2, 0) is 26.2 Å². The van der Waals surface area contributed by atoms with Crippen LogP contribution in [0, 0.1) is 22.9 Å². The number of ether oxygens (including phenoxy) is 1. The molecule has 3 aromatic rings. The minimum Gasteiger partial charge on any atom is -0.497 e. The first-order valence-corrected chi connectivity index (χ1v) is 14.8. The Hall–Kier alpha value is -4.52. The highest BCUT2D eigenvalue weighted by Gasteiger charge is 2.34. The van der Waals surface area contributed by atoms with Crippen LogP contribution in [0.4, 0.5) is 15.8 Å². The molecule has 0 fully saturated rings. The lowest BCUT2D eigenvalue weighted by atomic mass is 10.1. The van der Waals surface area contributed by atoms with Gasteiger partial charge in [-0.25, -0.2) is 12.8 Å². The summed E-state index contributed by atoms with van der Waals surface area (Å²) in [7, 11) is -3.10. The van der Waals surface area contributed by atoms with Gasteiger partial charge in [0.05, 0.1) is 22.6 Å².